The van der Waals surface area contributed by atoms with Crippen LogP contribution in [0.4, 0.5) is 5.69 Å². The van der Waals surface area contributed by atoms with Crippen molar-refractivity contribution in [2.24, 2.45) is 0 Å². The lowest BCUT2D eigenvalue weighted by atomic mass is 10.1. The van der Waals surface area contributed by atoms with Crippen molar-refractivity contribution in [1.29, 1.82) is 0 Å². The van der Waals surface area contributed by atoms with Gasteiger partial charge in [-0.2, -0.15) is 11.8 Å². The second-order valence-corrected chi connectivity index (χ2v) is 8.19. The number of thioether (sulfide) groups is 1. The van der Waals surface area contributed by atoms with Crippen molar-refractivity contribution in [3.8, 4) is 0 Å². The molecule has 0 unspecified atom stereocenters. The Labute approximate surface area is 127 Å². The predicted molar refractivity (Wildman–Crippen MR) is 89.6 cm³/mol. The van der Waals surface area contributed by atoms with E-state index < -0.39 is 0 Å². The maximum atomic E-state index is 4.46. The molecule has 4 heteroatoms. The van der Waals surface area contributed by atoms with Gasteiger partial charge >= 0.3 is 0 Å². The lowest BCUT2D eigenvalue weighted by Crippen LogP contribution is -2.27. The van der Waals surface area contributed by atoms with E-state index in [4.69, 9.17) is 0 Å². The number of nitrogens with one attached hydrogen (secondary N) is 1. The number of pyridine rings is 1. The first-order valence-electron chi connectivity index (χ1n) is 7.53. The first-order chi connectivity index (χ1) is 9.46. The van der Waals surface area contributed by atoms with Gasteiger partial charge in [0.2, 0.25) is 0 Å². The fraction of sp³-hybridized carbons (Fsp3) is 0.688. The molecule has 20 heavy (non-hydrogen) atoms. The van der Waals surface area contributed by atoms with Crippen LogP contribution in [0, 0.1) is 0 Å². The molecule has 0 saturated carbocycles. The lowest BCUT2D eigenvalue weighted by Gasteiger charge is -2.24. The van der Waals surface area contributed by atoms with Gasteiger partial charge in [0, 0.05) is 48.1 Å². The maximum Gasteiger partial charge on any atom is 0.0562 e. The largest absolute Gasteiger partial charge is 0.371 e. The van der Waals surface area contributed by atoms with Crippen molar-refractivity contribution in [1.82, 2.24) is 10.3 Å². The van der Waals surface area contributed by atoms with Gasteiger partial charge in [0.15, 0.2) is 0 Å². The van der Waals surface area contributed by atoms with Gasteiger partial charge in [-0.3, -0.25) is 4.98 Å². The molecule has 1 aromatic heterocycles. The van der Waals surface area contributed by atoms with Crippen molar-refractivity contribution < 1.29 is 0 Å². The minimum absolute atomic E-state index is 0.407. The van der Waals surface area contributed by atoms with E-state index in [-0.39, 0.29) is 0 Å². The molecule has 0 aromatic carbocycles. The van der Waals surface area contributed by atoms with Crippen LogP contribution in [0.3, 0.4) is 0 Å². The Balaban J connectivity index is 2.03. The van der Waals surface area contributed by atoms with E-state index in [2.05, 4.69) is 66.8 Å². The Morgan fingerprint density at radius 2 is 2.20 bits per heavy atom. The van der Waals surface area contributed by atoms with Gasteiger partial charge in [-0.25, -0.2) is 0 Å². The minimum Gasteiger partial charge on any atom is -0.371 e. The maximum absolute atomic E-state index is 4.46. The van der Waals surface area contributed by atoms with Crippen LogP contribution in [0.25, 0.3) is 0 Å². The normalized spacial score (nSPS) is 19.1. The highest BCUT2D eigenvalue weighted by atomic mass is 32.2. The van der Waals surface area contributed by atoms with Crippen LogP contribution >= 0.6 is 11.8 Å². The zero-order valence-electron chi connectivity index (χ0n) is 13.1. The van der Waals surface area contributed by atoms with E-state index in [1.807, 2.05) is 6.20 Å². The molecule has 2 rings (SSSR count). The molecule has 0 bridgehead atoms. The van der Waals surface area contributed by atoms with E-state index >= 15 is 0 Å². The Hall–Kier alpha value is -0.740. The van der Waals surface area contributed by atoms with Crippen LogP contribution in [0.5, 0.6) is 0 Å². The summed E-state index contributed by atoms with van der Waals surface area (Å²) in [6.07, 6.45) is 3.18. The first kappa shape index (κ1) is 15.6. The highest BCUT2D eigenvalue weighted by molar-refractivity contribution is 8.00. The van der Waals surface area contributed by atoms with Gasteiger partial charge in [-0.1, -0.05) is 27.7 Å². The van der Waals surface area contributed by atoms with Gasteiger partial charge in [0.1, 0.15) is 0 Å². The summed E-state index contributed by atoms with van der Waals surface area (Å²) in [6, 6.07) is 4.87. The molecule has 0 radical (unpaired) electrons. The number of aromatic nitrogens is 1. The van der Waals surface area contributed by atoms with E-state index in [0.717, 1.165) is 25.3 Å². The van der Waals surface area contributed by atoms with Gasteiger partial charge in [0.05, 0.1) is 5.69 Å². The summed E-state index contributed by atoms with van der Waals surface area (Å²) < 4.78 is 0.407. The lowest BCUT2D eigenvalue weighted by molar-refractivity contribution is 0.581. The molecule has 0 amide bonds. The third kappa shape index (κ3) is 4.67. The van der Waals surface area contributed by atoms with Crippen molar-refractivity contribution in [3.63, 3.8) is 0 Å². The zero-order valence-corrected chi connectivity index (χ0v) is 14.0. The van der Waals surface area contributed by atoms with Crippen LogP contribution in [0.15, 0.2) is 18.3 Å². The predicted octanol–water partition coefficient (Wildman–Crippen LogP) is 3.30. The van der Waals surface area contributed by atoms with E-state index in [1.165, 1.54) is 17.9 Å². The molecule has 1 aromatic rings. The molecule has 1 N–H and O–H groups in total. The SMILES string of the molecule is CC(C)NCc1cc(N2CCSC(C)(C)CC2)ccn1. The van der Waals surface area contributed by atoms with Gasteiger partial charge in [-0.05, 0) is 18.6 Å². The molecule has 0 spiro atoms. The molecular formula is C16H27N3S. The summed E-state index contributed by atoms with van der Waals surface area (Å²) in [5.41, 5.74) is 2.45. The van der Waals surface area contributed by atoms with Crippen molar-refractivity contribution in [2.75, 3.05) is 23.7 Å². The highest BCUT2D eigenvalue weighted by Crippen LogP contribution is 2.32. The molecule has 1 aliphatic rings. The van der Waals surface area contributed by atoms with Crippen molar-refractivity contribution in [2.45, 2.75) is 51.4 Å². The summed E-state index contributed by atoms with van der Waals surface area (Å²) >= 11 is 2.09. The van der Waals surface area contributed by atoms with Crippen LogP contribution in [0.1, 0.15) is 39.8 Å². The number of hydrogen-bond donors (Lipinski definition) is 1. The molecule has 0 aliphatic carbocycles. The van der Waals surface area contributed by atoms with E-state index in [1.54, 1.807) is 0 Å². The Kier molecular flexibility index (Phi) is 5.33. The molecule has 112 valence electrons. The second-order valence-electron chi connectivity index (χ2n) is 6.39. The standard InChI is InChI=1S/C16H27N3S/c1-13(2)18-12-14-11-15(5-7-17-14)19-8-6-16(3,4)20-10-9-19/h5,7,11,13,18H,6,8-10,12H2,1-4H3. The van der Waals surface area contributed by atoms with Crippen LogP contribution in [0.2, 0.25) is 0 Å². The molecule has 0 atom stereocenters. The number of nitrogens with zero attached hydrogens (tertiary/aromatic N) is 2. The van der Waals surface area contributed by atoms with Crippen LogP contribution < -0.4 is 10.2 Å². The first-order valence-corrected chi connectivity index (χ1v) is 8.52. The Morgan fingerprint density at radius 3 is 2.95 bits per heavy atom. The number of hydrogen-bond acceptors (Lipinski definition) is 4. The van der Waals surface area contributed by atoms with E-state index in [0.29, 0.717) is 10.8 Å². The Morgan fingerprint density at radius 1 is 1.40 bits per heavy atom. The monoisotopic (exact) mass is 293 g/mol. The average molecular weight is 293 g/mol. The van der Waals surface area contributed by atoms with Crippen LogP contribution in [-0.4, -0.2) is 34.6 Å². The van der Waals surface area contributed by atoms with Gasteiger partial charge < -0.3 is 10.2 Å². The highest BCUT2D eigenvalue weighted by Gasteiger charge is 2.23. The summed E-state index contributed by atoms with van der Waals surface area (Å²) in [5.74, 6) is 1.20. The second kappa shape index (κ2) is 6.81. The molecular weight excluding hydrogens is 266 g/mol. The fourth-order valence-corrected chi connectivity index (χ4v) is 3.45. The quantitative estimate of drug-likeness (QED) is 0.922. The summed E-state index contributed by atoms with van der Waals surface area (Å²) in [4.78, 5) is 6.97. The van der Waals surface area contributed by atoms with Gasteiger partial charge in [-0.15, -0.1) is 0 Å². The zero-order chi connectivity index (χ0) is 14.6. The Bertz CT molecular complexity index is 431. The average Bonchev–Trinajstić information content (AvgIpc) is 2.58. The van der Waals surface area contributed by atoms with Crippen molar-refractivity contribution in [3.05, 3.63) is 24.0 Å². The van der Waals surface area contributed by atoms with Gasteiger partial charge in [0.25, 0.3) is 0 Å². The summed E-state index contributed by atoms with van der Waals surface area (Å²) in [5, 5.41) is 3.43. The summed E-state index contributed by atoms with van der Waals surface area (Å²) in [6.45, 7) is 12.2. The van der Waals surface area contributed by atoms with E-state index in [9.17, 15) is 0 Å². The van der Waals surface area contributed by atoms with Crippen LogP contribution in [-0.2, 0) is 6.54 Å². The smallest absolute Gasteiger partial charge is 0.0562 e. The topological polar surface area (TPSA) is 28.2 Å². The molecule has 2 heterocycles. The number of rotatable bonds is 4. The molecule has 3 nitrogen and oxygen atoms in total. The fourth-order valence-electron chi connectivity index (χ4n) is 2.35. The third-order valence-electron chi connectivity index (χ3n) is 3.69. The summed E-state index contributed by atoms with van der Waals surface area (Å²) in [7, 11) is 0. The molecule has 1 fully saturated rings. The third-order valence-corrected chi connectivity index (χ3v) is 5.07. The molecule has 1 saturated heterocycles. The molecule has 1 aliphatic heterocycles. The number of anilines is 1. The van der Waals surface area contributed by atoms with Crippen molar-refractivity contribution >= 4 is 17.4 Å². The minimum atomic E-state index is 0.407.